The van der Waals surface area contributed by atoms with E-state index < -0.39 is 10.1 Å². The molecule has 0 aromatic carbocycles. The molecule has 0 saturated carbocycles. The maximum absolute atomic E-state index is 9.75. The van der Waals surface area contributed by atoms with Gasteiger partial charge in [-0.2, -0.15) is 8.42 Å². The molecule has 0 spiro atoms. The summed E-state index contributed by atoms with van der Waals surface area (Å²) in [5.74, 6) is -0.243. The first-order chi connectivity index (χ1) is 3.06. The summed E-state index contributed by atoms with van der Waals surface area (Å²) in [5, 5.41) is 0. The van der Waals surface area contributed by atoms with Gasteiger partial charge >= 0.3 is 18.9 Å². The summed E-state index contributed by atoms with van der Waals surface area (Å²) in [6, 6.07) is 0. The van der Waals surface area contributed by atoms with Crippen LogP contribution in [0.15, 0.2) is 0 Å². The Morgan fingerprint density at radius 2 is 1.88 bits per heavy atom. The summed E-state index contributed by atoms with van der Waals surface area (Å²) in [5.41, 5.74) is 0. The van der Waals surface area contributed by atoms with Gasteiger partial charge in [0.2, 0.25) is 0 Å². The van der Waals surface area contributed by atoms with Crippen LogP contribution >= 0.6 is 0 Å². The molecule has 45 valence electrons. The molecule has 0 aromatic heterocycles. The molecule has 0 bridgehead atoms. The van der Waals surface area contributed by atoms with Gasteiger partial charge in [0.05, 0.1) is 5.75 Å². The second kappa shape index (κ2) is 4.39. The van der Waals surface area contributed by atoms with Crippen molar-refractivity contribution in [2.75, 3.05) is 5.75 Å². The Balaban J connectivity index is 0. The second-order valence-corrected chi connectivity index (χ2v) is 2.71. The van der Waals surface area contributed by atoms with Crippen LogP contribution in [0.5, 0.6) is 0 Å². The summed E-state index contributed by atoms with van der Waals surface area (Å²) in [6.07, 6.45) is 0.221. The Bertz CT molecular complexity index is 127. The third-order valence-electron chi connectivity index (χ3n) is 0.402. The van der Waals surface area contributed by atoms with E-state index in [2.05, 4.69) is 6.92 Å². The molecule has 3 nitrogen and oxygen atoms in total. The van der Waals surface area contributed by atoms with Gasteiger partial charge < -0.3 is 0 Å². The van der Waals surface area contributed by atoms with Gasteiger partial charge in [0.1, 0.15) is 0 Å². The van der Waals surface area contributed by atoms with Gasteiger partial charge in [-0.1, -0.05) is 6.92 Å². The van der Waals surface area contributed by atoms with Gasteiger partial charge in [-0.3, -0.25) is 4.55 Å². The van der Waals surface area contributed by atoms with E-state index >= 15 is 0 Å². The minimum absolute atomic E-state index is 0. The molecule has 0 aliphatic heterocycles. The predicted octanol–water partition coefficient (Wildman–Crippen LogP) is -0.550. The third-order valence-corrected chi connectivity index (χ3v) is 1.21. The first kappa shape index (κ1) is 11.3. The van der Waals surface area contributed by atoms with E-state index in [9.17, 15) is 8.42 Å². The van der Waals surface area contributed by atoms with Crippen LogP contribution in [0.3, 0.4) is 0 Å². The van der Waals surface area contributed by atoms with Crippen molar-refractivity contribution in [1.82, 2.24) is 0 Å². The summed E-state index contributed by atoms with van der Waals surface area (Å²) in [7, 11) is -3.74. The van der Waals surface area contributed by atoms with E-state index in [4.69, 9.17) is 4.55 Å². The monoisotopic (exact) mass is 131 g/mol. The molecule has 0 unspecified atom stereocenters. The minimum atomic E-state index is -3.74. The van der Waals surface area contributed by atoms with Crippen LogP contribution in [0.2, 0.25) is 0 Å². The van der Waals surface area contributed by atoms with Crippen LogP contribution < -0.4 is 0 Å². The third kappa shape index (κ3) is 9.72. The molecule has 0 fully saturated rings. The second-order valence-electron chi connectivity index (χ2n) is 1.14. The zero-order valence-electron chi connectivity index (χ0n) is 3.79. The molecule has 0 saturated heterocycles. The van der Waals surface area contributed by atoms with Crippen molar-refractivity contribution in [2.45, 2.75) is 6.42 Å². The molecule has 8 heavy (non-hydrogen) atoms. The molecule has 0 aliphatic carbocycles. The van der Waals surface area contributed by atoms with Crippen molar-refractivity contribution in [2.24, 2.45) is 0 Å². The van der Waals surface area contributed by atoms with Crippen molar-refractivity contribution in [3.05, 3.63) is 6.92 Å². The van der Waals surface area contributed by atoms with Crippen molar-refractivity contribution in [3.8, 4) is 0 Å². The van der Waals surface area contributed by atoms with Crippen molar-refractivity contribution >= 4 is 29.0 Å². The summed E-state index contributed by atoms with van der Waals surface area (Å²) < 4.78 is 27.4. The van der Waals surface area contributed by atoms with E-state index in [0.717, 1.165) is 0 Å². The van der Waals surface area contributed by atoms with Crippen molar-refractivity contribution in [3.63, 3.8) is 0 Å². The summed E-state index contributed by atoms with van der Waals surface area (Å²) in [6.45, 7) is 3.23. The first-order valence-corrected chi connectivity index (χ1v) is 3.41. The maximum atomic E-state index is 9.75. The molecule has 0 aromatic rings. The van der Waals surface area contributed by atoms with E-state index in [-0.39, 0.29) is 31.0 Å². The average Bonchev–Trinajstić information content (AvgIpc) is 1.30. The first-order valence-electron chi connectivity index (χ1n) is 1.80. The number of rotatable bonds is 2. The van der Waals surface area contributed by atoms with Gasteiger partial charge in [0.15, 0.2) is 0 Å². The standard InChI is InChI=1S/C3H7O3S.Li.H/c1-2-3-7(4,5)6;;/h1-3H2,(H,4,5,6);;. The molecule has 1 radical (unpaired) electrons. The quantitative estimate of drug-likeness (QED) is 0.404. The number of hydrogen-bond donors (Lipinski definition) is 1. The topological polar surface area (TPSA) is 54.4 Å². The van der Waals surface area contributed by atoms with Gasteiger partial charge in [0, 0.05) is 0 Å². The normalized spacial score (nSPS) is 10.2. The number of hydrogen-bond acceptors (Lipinski definition) is 2. The van der Waals surface area contributed by atoms with Crippen LogP contribution in [-0.2, 0) is 10.1 Å². The van der Waals surface area contributed by atoms with Crippen molar-refractivity contribution < 1.29 is 13.0 Å². The fourth-order valence-electron chi connectivity index (χ4n) is 0.182. The molecule has 5 heteroatoms. The van der Waals surface area contributed by atoms with Gasteiger partial charge in [-0.25, -0.2) is 0 Å². The molecular formula is C3H8LiO3S. The Morgan fingerprint density at radius 1 is 1.50 bits per heavy atom. The van der Waals surface area contributed by atoms with Crippen LogP contribution in [-0.4, -0.2) is 37.6 Å². The fourth-order valence-corrected chi connectivity index (χ4v) is 0.547. The molecule has 0 rings (SSSR count). The fraction of sp³-hybridized carbons (Fsp3) is 0.667. The Kier molecular flexibility index (Phi) is 6.22. The molecule has 0 atom stereocenters. The Morgan fingerprint density at radius 3 is 1.88 bits per heavy atom. The van der Waals surface area contributed by atoms with Crippen molar-refractivity contribution in [1.29, 1.82) is 0 Å². The van der Waals surface area contributed by atoms with Crippen LogP contribution in [0, 0.1) is 6.92 Å². The predicted molar refractivity (Wildman–Crippen MR) is 33.5 cm³/mol. The van der Waals surface area contributed by atoms with Gasteiger partial charge in [-0.05, 0) is 6.42 Å². The molecule has 1 N–H and O–H groups in total. The molecule has 0 aliphatic rings. The molecular weight excluding hydrogens is 123 g/mol. The van der Waals surface area contributed by atoms with E-state index in [1.54, 1.807) is 0 Å². The summed E-state index contributed by atoms with van der Waals surface area (Å²) in [4.78, 5) is 0. The zero-order valence-corrected chi connectivity index (χ0v) is 4.61. The van der Waals surface area contributed by atoms with E-state index in [1.165, 1.54) is 0 Å². The van der Waals surface area contributed by atoms with Crippen LogP contribution in [0.1, 0.15) is 6.42 Å². The summed E-state index contributed by atoms with van der Waals surface area (Å²) >= 11 is 0. The van der Waals surface area contributed by atoms with E-state index in [1.807, 2.05) is 0 Å². The van der Waals surface area contributed by atoms with Crippen LogP contribution in [0.25, 0.3) is 0 Å². The molecule has 0 amide bonds. The Hall–Kier alpha value is 0.507. The average molecular weight is 131 g/mol. The van der Waals surface area contributed by atoms with E-state index in [0.29, 0.717) is 0 Å². The molecule has 0 heterocycles. The Labute approximate surface area is 61.4 Å². The SMILES string of the molecule is [CH2]CCS(=O)(=O)O.[LiH]. The van der Waals surface area contributed by atoms with Gasteiger partial charge in [-0.15, -0.1) is 0 Å². The van der Waals surface area contributed by atoms with Gasteiger partial charge in [0.25, 0.3) is 10.1 Å². The van der Waals surface area contributed by atoms with Crippen LogP contribution in [0.4, 0.5) is 0 Å². The zero-order chi connectivity index (χ0) is 5.91.